The van der Waals surface area contributed by atoms with E-state index in [1.807, 2.05) is 27.2 Å². The SMILES string of the molecule is CCCCCCCCCCCC/C=C/[C@@H](O)[C@H](COP(=O)(O)OCC[N+](C)(C)C)NC(=O)CCCCCCCCCCCCCC. The first-order valence-corrected chi connectivity index (χ1v) is 20.6. The number of rotatable bonds is 34. The van der Waals surface area contributed by atoms with Crippen molar-refractivity contribution in [3.8, 4) is 0 Å². The van der Waals surface area contributed by atoms with Crippen LogP contribution in [0.25, 0.3) is 0 Å². The van der Waals surface area contributed by atoms with Crippen molar-refractivity contribution in [2.45, 2.75) is 180 Å². The minimum absolute atomic E-state index is 0.0641. The zero-order valence-electron chi connectivity index (χ0n) is 30.8. The lowest BCUT2D eigenvalue weighted by Gasteiger charge is -2.25. The van der Waals surface area contributed by atoms with Gasteiger partial charge >= 0.3 is 7.82 Å². The Bertz CT molecular complexity index is 773. The molecule has 9 heteroatoms. The van der Waals surface area contributed by atoms with E-state index in [-0.39, 0.29) is 19.1 Å². The molecule has 1 unspecified atom stereocenters. The maximum atomic E-state index is 12.8. The Hall–Kier alpha value is -0.760. The Morgan fingerprint density at radius 3 is 1.61 bits per heavy atom. The molecule has 0 aromatic carbocycles. The molecule has 0 bridgehead atoms. The number of hydrogen-bond donors (Lipinski definition) is 3. The van der Waals surface area contributed by atoms with E-state index < -0.39 is 20.0 Å². The normalized spacial score (nSPS) is 14.8. The Kier molecular flexibility index (Phi) is 29.8. The third-order valence-electron chi connectivity index (χ3n) is 8.51. The van der Waals surface area contributed by atoms with Gasteiger partial charge in [-0.2, -0.15) is 0 Å². The summed E-state index contributed by atoms with van der Waals surface area (Å²) in [7, 11) is 1.58. The molecule has 0 aliphatic rings. The highest BCUT2D eigenvalue weighted by Gasteiger charge is 2.27. The smallest absolute Gasteiger partial charge is 0.387 e. The summed E-state index contributed by atoms with van der Waals surface area (Å²) in [6.07, 6.45) is 31.2. The summed E-state index contributed by atoms with van der Waals surface area (Å²) in [5.74, 6) is -0.179. The van der Waals surface area contributed by atoms with Gasteiger partial charge in [-0.3, -0.25) is 13.8 Å². The van der Waals surface area contributed by atoms with Crippen LogP contribution in [0, 0.1) is 0 Å². The summed E-state index contributed by atoms with van der Waals surface area (Å²) in [5, 5.41) is 13.7. The Morgan fingerprint density at radius 1 is 0.717 bits per heavy atom. The van der Waals surface area contributed by atoms with Gasteiger partial charge in [0.05, 0.1) is 39.9 Å². The minimum Gasteiger partial charge on any atom is -0.387 e. The number of unbranched alkanes of at least 4 members (excludes halogenated alkanes) is 21. The van der Waals surface area contributed by atoms with Crippen LogP contribution in [0.1, 0.15) is 168 Å². The van der Waals surface area contributed by atoms with Crippen molar-refractivity contribution in [3.63, 3.8) is 0 Å². The number of hydrogen-bond acceptors (Lipinski definition) is 5. The van der Waals surface area contributed by atoms with Crippen molar-refractivity contribution < 1.29 is 32.9 Å². The van der Waals surface area contributed by atoms with Gasteiger partial charge in [-0.25, -0.2) is 4.57 Å². The molecule has 0 heterocycles. The lowest BCUT2D eigenvalue weighted by Crippen LogP contribution is -2.45. The molecule has 1 amide bonds. The number of phosphoric ester groups is 1. The number of carbonyl (C=O) groups is 1. The standard InChI is InChI=1S/C37H75N2O6P/c1-6-8-10-12-14-16-18-20-22-24-26-28-30-36(40)35(34-45-46(42,43)44-33-32-39(3,4)5)38-37(41)31-29-27-25-23-21-19-17-15-13-11-9-7-2/h28,30,35-36,40H,6-27,29,31-34H2,1-5H3,(H-,38,41,42,43)/p+1/b30-28+/t35-,36+/m0/s1. The van der Waals surface area contributed by atoms with Gasteiger partial charge in [0.25, 0.3) is 0 Å². The second kappa shape index (κ2) is 30.3. The van der Waals surface area contributed by atoms with Crippen LogP contribution in [0.15, 0.2) is 12.2 Å². The number of nitrogens with one attached hydrogen (secondary N) is 1. The van der Waals surface area contributed by atoms with E-state index in [1.165, 1.54) is 109 Å². The second-order valence-corrected chi connectivity index (χ2v) is 15.8. The fourth-order valence-corrected chi connectivity index (χ4v) is 6.13. The number of phosphoric acid groups is 1. The largest absolute Gasteiger partial charge is 0.472 e. The number of amides is 1. The quantitative estimate of drug-likeness (QED) is 0.0272. The highest BCUT2D eigenvalue weighted by atomic mass is 31.2. The second-order valence-electron chi connectivity index (χ2n) is 14.3. The highest BCUT2D eigenvalue weighted by Crippen LogP contribution is 2.43. The molecule has 46 heavy (non-hydrogen) atoms. The molecule has 0 aromatic heterocycles. The molecule has 3 atom stereocenters. The van der Waals surface area contributed by atoms with Gasteiger partial charge in [-0.15, -0.1) is 0 Å². The number of nitrogens with zero attached hydrogens (tertiary/aromatic N) is 1. The number of likely N-dealkylation sites (N-methyl/N-ethyl adjacent to an activating group) is 1. The van der Waals surface area contributed by atoms with Crippen LogP contribution in [0.3, 0.4) is 0 Å². The zero-order chi connectivity index (χ0) is 34.4. The third-order valence-corrected chi connectivity index (χ3v) is 9.49. The summed E-state index contributed by atoms with van der Waals surface area (Å²) < 4.78 is 23.4. The van der Waals surface area contributed by atoms with E-state index in [1.54, 1.807) is 6.08 Å². The average molecular weight is 676 g/mol. The zero-order valence-corrected chi connectivity index (χ0v) is 31.7. The predicted octanol–water partition coefficient (Wildman–Crippen LogP) is 9.63. The predicted molar refractivity (Wildman–Crippen MR) is 194 cm³/mol. The molecule has 0 rings (SSSR count). The monoisotopic (exact) mass is 676 g/mol. The molecule has 0 aliphatic heterocycles. The van der Waals surface area contributed by atoms with E-state index in [0.717, 1.165) is 38.5 Å². The van der Waals surface area contributed by atoms with Gasteiger partial charge < -0.3 is 19.8 Å². The van der Waals surface area contributed by atoms with Crippen LogP contribution in [0.5, 0.6) is 0 Å². The molecule has 0 fully saturated rings. The summed E-state index contributed by atoms with van der Waals surface area (Å²) in [6, 6.07) is -0.837. The molecular weight excluding hydrogens is 599 g/mol. The number of carbonyl (C=O) groups excluding carboxylic acids is 1. The first-order valence-electron chi connectivity index (χ1n) is 19.1. The van der Waals surface area contributed by atoms with Crippen LogP contribution in [-0.4, -0.2) is 73.4 Å². The number of aliphatic hydroxyl groups is 1. The van der Waals surface area contributed by atoms with Crippen molar-refractivity contribution >= 4 is 13.7 Å². The molecule has 0 aromatic rings. The molecular formula is C37H76N2O6P+. The van der Waals surface area contributed by atoms with Gasteiger partial charge in [-0.1, -0.05) is 154 Å². The topological polar surface area (TPSA) is 105 Å². The fourth-order valence-electron chi connectivity index (χ4n) is 5.39. The van der Waals surface area contributed by atoms with Gasteiger partial charge in [0.2, 0.25) is 5.91 Å². The molecule has 8 nitrogen and oxygen atoms in total. The van der Waals surface area contributed by atoms with Crippen LogP contribution in [0.2, 0.25) is 0 Å². The van der Waals surface area contributed by atoms with E-state index in [0.29, 0.717) is 17.4 Å². The number of quaternary nitrogens is 1. The number of allylic oxidation sites excluding steroid dienone is 1. The Labute approximate surface area is 284 Å². The van der Waals surface area contributed by atoms with Crippen molar-refractivity contribution in [2.75, 3.05) is 40.9 Å². The molecule has 274 valence electrons. The molecule has 3 N–H and O–H groups in total. The average Bonchev–Trinajstić information content (AvgIpc) is 2.99. The van der Waals surface area contributed by atoms with Crippen molar-refractivity contribution in [1.29, 1.82) is 0 Å². The summed E-state index contributed by atoms with van der Waals surface area (Å²) in [6.45, 7) is 4.79. The van der Waals surface area contributed by atoms with Gasteiger partial charge in [-0.05, 0) is 19.3 Å². The van der Waals surface area contributed by atoms with Crippen LogP contribution in [-0.2, 0) is 18.4 Å². The summed E-state index contributed by atoms with van der Waals surface area (Å²) in [5.41, 5.74) is 0. The summed E-state index contributed by atoms with van der Waals surface area (Å²) >= 11 is 0. The summed E-state index contributed by atoms with van der Waals surface area (Å²) in [4.78, 5) is 22.9. The molecule has 0 spiro atoms. The van der Waals surface area contributed by atoms with Gasteiger partial charge in [0.15, 0.2) is 0 Å². The maximum absolute atomic E-state index is 12.8. The lowest BCUT2D eigenvalue weighted by atomic mass is 10.0. The van der Waals surface area contributed by atoms with Crippen LogP contribution >= 0.6 is 7.82 Å². The van der Waals surface area contributed by atoms with Crippen LogP contribution < -0.4 is 5.32 Å². The van der Waals surface area contributed by atoms with Crippen molar-refractivity contribution in [3.05, 3.63) is 12.2 Å². The molecule has 0 aliphatic carbocycles. The van der Waals surface area contributed by atoms with E-state index in [9.17, 15) is 19.4 Å². The van der Waals surface area contributed by atoms with Gasteiger partial charge in [0.1, 0.15) is 13.2 Å². The first-order chi connectivity index (χ1) is 22.0. The van der Waals surface area contributed by atoms with E-state index >= 15 is 0 Å². The van der Waals surface area contributed by atoms with Crippen molar-refractivity contribution in [2.24, 2.45) is 0 Å². The first kappa shape index (κ1) is 45.2. The minimum atomic E-state index is -4.32. The maximum Gasteiger partial charge on any atom is 0.472 e. The van der Waals surface area contributed by atoms with Crippen LogP contribution in [0.4, 0.5) is 0 Å². The van der Waals surface area contributed by atoms with Gasteiger partial charge in [0, 0.05) is 6.42 Å². The Morgan fingerprint density at radius 2 is 1.15 bits per heavy atom. The van der Waals surface area contributed by atoms with E-state index in [2.05, 4.69) is 19.2 Å². The van der Waals surface area contributed by atoms with E-state index in [4.69, 9.17) is 9.05 Å². The highest BCUT2D eigenvalue weighted by molar-refractivity contribution is 7.47. The number of aliphatic hydroxyl groups excluding tert-OH is 1. The lowest BCUT2D eigenvalue weighted by molar-refractivity contribution is -0.870. The molecule has 0 saturated heterocycles. The molecule has 0 saturated carbocycles. The third kappa shape index (κ3) is 31.8. The molecule has 0 radical (unpaired) electrons. The van der Waals surface area contributed by atoms with Crippen molar-refractivity contribution in [1.82, 2.24) is 5.32 Å². The fraction of sp³-hybridized carbons (Fsp3) is 0.919. The Balaban J connectivity index is 4.54.